The van der Waals surface area contributed by atoms with Gasteiger partial charge in [-0.25, -0.2) is 0 Å². The lowest BCUT2D eigenvalue weighted by Crippen LogP contribution is -2.49. The number of nitrogens with one attached hydrogen (secondary N) is 4. The molecule has 0 aliphatic heterocycles. The van der Waals surface area contributed by atoms with E-state index in [4.69, 9.17) is 17.0 Å². The van der Waals surface area contributed by atoms with Crippen molar-refractivity contribution in [2.24, 2.45) is 0 Å². The van der Waals surface area contributed by atoms with E-state index >= 15 is 0 Å². The highest BCUT2D eigenvalue weighted by Crippen LogP contribution is 2.21. The third-order valence-corrected chi connectivity index (χ3v) is 5.41. The summed E-state index contributed by atoms with van der Waals surface area (Å²) in [5, 5.41) is 5.10. The van der Waals surface area contributed by atoms with Crippen LogP contribution in [0.4, 0.5) is 5.69 Å². The van der Waals surface area contributed by atoms with Gasteiger partial charge < -0.3 is 10.1 Å². The number of benzene rings is 2. The lowest BCUT2D eigenvalue weighted by Gasteiger charge is -2.12. The number of aryl methyl sites for hydroxylation is 3. The number of ether oxygens (including phenoxy) is 1. The molecule has 8 nitrogen and oxygen atoms in total. The van der Waals surface area contributed by atoms with E-state index in [1.807, 2.05) is 45.0 Å². The highest BCUT2D eigenvalue weighted by Gasteiger charge is 2.10. The van der Waals surface area contributed by atoms with Gasteiger partial charge in [0.15, 0.2) is 11.7 Å². The molecule has 0 bridgehead atoms. The Labute approximate surface area is 200 Å². The van der Waals surface area contributed by atoms with Crippen LogP contribution < -0.4 is 26.2 Å². The Morgan fingerprint density at radius 1 is 0.906 bits per heavy atom. The second-order valence-corrected chi connectivity index (χ2v) is 8.38. The number of carbonyl (C=O) groups excluding carboxylic acids is 3. The summed E-state index contributed by atoms with van der Waals surface area (Å²) in [5.74, 6) is -0.651. The number of carbonyl (C=O) groups is 3. The average molecular weight is 521 g/mol. The van der Waals surface area contributed by atoms with E-state index in [0.717, 1.165) is 26.9 Å². The fourth-order valence-corrected chi connectivity index (χ4v) is 2.96. The summed E-state index contributed by atoms with van der Waals surface area (Å²) in [7, 11) is 0. The maximum absolute atomic E-state index is 12.1. The van der Waals surface area contributed by atoms with Crippen LogP contribution in [0.25, 0.3) is 0 Å². The third-order valence-electron chi connectivity index (χ3n) is 4.31. The van der Waals surface area contributed by atoms with Crippen LogP contribution >= 0.6 is 28.1 Å². The normalized spacial score (nSPS) is 10.1. The molecule has 0 heterocycles. The number of hydrogen-bond donors (Lipinski definition) is 4. The van der Waals surface area contributed by atoms with Crippen molar-refractivity contribution in [3.8, 4) is 5.75 Å². The van der Waals surface area contributed by atoms with Crippen LogP contribution in [-0.4, -0.2) is 29.4 Å². The first-order valence-corrected chi connectivity index (χ1v) is 11.0. The molecule has 0 aliphatic carbocycles. The van der Waals surface area contributed by atoms with Crippen molar-refractivity contribution in [1.29, 1.82) is 0 Å². The molecular formula is C22H25BrN4O4S. The van der Waals surface area contributed by atoms with E-state index in [0.29, 0.717) is 5.75 Å². The quantitative estimate of drug-likeness (QED) is 0.329. The van der Waals surface area contributed by atoms with E-state index in [-0.39, 0.29) is 30.5 Å². The topological polar surface area (TPSA) is 109 Å². The summed E-state index contributed by atoms with van der Waals surface area (Å²) in [5.41, 5.74) is 8.44. The third kappa shape index (κ3) is 8.64. The zero-order valence-corrected chi connectivity index (χ0v) is 20.4. The highest BCUT2D eigenvalue weighted by atomic mass is 79.9. The summed E-state index contributed by atoms with van der Waals surface area (Å²) in [6, 6.07) is 11.1. The van der Waals surface area contributed by atoms with E-state index < -0.39 is 11.8 Å². The number of anilines is 1. The van der Waals surface area contributed by atoms with E-state index in [1.54, 1.807) is 12.1 Å². The van der Waals surface area contributed by atoms with Crippen LogP contribution in [0.1, 0.15) is 29.5 Å². The summed E-state index contributed by atoms with van der Waals surface area (Å²) in [6.07, 6.45) is -0.0489. The minimum atomic E-state index is -0.481. The number of hydrogen-bond acceptors (Lipinski definition) is 5. The molecule has 0 fully saturated rings. The lowest BCUT2D eigenvalue weighted by atomic mass is 10.1. The number of amides is 3. The van der Waals surface area contributed by atoms with Gasteiger partial charge in [0.25, 0.3) is 5.91 Å². The molecule has 32 heavy (non-hydrogen) atoms. The molecule has 0 spiro atoms. The Bertz CT molecular complexity index is 1030. The Balaban J connectivity index is 1.65. The van der Waals surface area contributed by atoms with Crippen molar-refractivity contribution >= 4 is 56.7 Å². The van der Waals surface area contributed by atoms with Gasteiger partial charge in [0.05, 0.1) is 0 Å². The number of rotatable bonds is 7. The molecule has 0 saturated carbocycles. The van der Waals surface area contributed by atoms with Gasteiger partial charge in [-0.05, 0) is 73.9 Å². The minimum Gasteiger partial charge on any atom is -0.484 e. The molecule has 3 amide bonds. The second kappa shape index (κ2) is 12.2. The maximum Gasteiger partial charge on any atom is 0.264 e. The Hall–Kier alpha value is -2.98. The first-order chi connectivity index (χ1) is 15.1. The van der Waals surface area contributed by atoms with Gasteiger partial charge in [-0.3, -0.25) is 30.6 Å². The summed E-state index contributed by atoms with van der Waals surface area (Å²) < 4.78 is 6.35. The first kappa shape index (κ1) is 25.3. The van der Waals surface area contributed by atoms with Crippen molar-refractivity contribution in [3.05, 3.63) is 57.6 Å². The molecular weight excluding hydrogens is 496 g/mol. The van der Waals surface area contributed by atoms with Gasteiger partial charge in [0.1, 0.15) is 5.75 Å². The van der Waals surface area contributed by atoms with Crippen LogP contribution in [0.5, 0.6) is 5.75 Å². The zero-order chi connectivity index (χ0) is 23.7. The molecule has 2 aromatic carbocycles. The van der Waals surface area contributed by atoms with E-state index in [9.17, 15) is 14.4 Å². The molecule has 0 radical (unpaired) electrons. The van der Waals surface area contributed by atoms with Crippen molar-refractivity contribution in [2.75, 3.05) is 11.9 Å². The van der Waals surface area contributed by atoms with Gasteiger partial charge in [0, 0.05) is 23.0 Å². The molecule has 170 valence electrons. The SMILES string of the molecule is Cc1ccc(C)c(NC(=O)CCC(=O)NNC(=S)NC(=O)COc2ccc(Br)c(C)c2)c1. The van der Waals surface area contributed by atoms with Crippen LogP contribution in [0.3, 0.4) is 0 Å². The Kier molecular flexibility index (Phi) is 9.61. The largest absolute Gasteiger partial charge is 0.484 e. The molecule has 0 unspecified atom stereocenters. The Morgan fingerprint density at radius 2 is 1.62 bits per heavy atom. The first-order valence-electron chi connectivity index (χ1n) is 9.79. The molecule has 0 saturated heterocycles. The van der Waals surface area contributed by atoms with E-state index in [2.05, 4.69) is 37.4 Å². The van der Waals surface area contributed by atoms with Gasteiger partial charge in [-0.2, -0.15) is 0 Å². The summed E-state index contributed by atoms with van der Waals surface area (Å²) >= 11 is 8.36. The van der Waals surface area contributed by atoms with Crippen molar-refractivity contribution in [2.45, 2.75) is 33.6 Å². The highest BCUT2D eigenvalue weighted by molar-refractivity contribution is 9.10. The number of thiocarbonyl (C=S) groups is 1. The van der Waals surface area contributed by atoms with Crippen LogP contribution in [0, 0.1) is 20.8 Å². The predicted molar refractivity (Wildman–Crippen MR) is 130 cm³/mol. The standard InChI is InChI=1S/C22H25BrN4O4S/c1-13-4-5-14(2)18(10-13)24-19(28)8-9-20(29)26-27-22(32)25-21(30)12-31-16-6-7-17(23)15(3)11-16/h4-7,10-11H,8-9,12H2,1-3H3,(H,24,28)(H,26,29)(H2,25,27,30,32). The fraction of sp³-hybridized carbons (Fsp3) is 0.273. The van der Waals surface area contributed by atoms with E-state index in [1.165, 1.54) is 0 Å². The maximum atomic E-state index is 12.1. The van der Waals surface area contributed by atoms with Crippen LogP contribution in [-0.2, 0) is 14.4 Å². The smallest absolute Gasteiger partial charge is 0.264 e. The van der Waals surface area contributed by atoms with Crippen molar-refractivity contribution in [3.63, 3.8) is 0 Å². The molecule has 0 aliphatic rings. The second-order valence-electron chi connectivity index (χ2n) is 7.12. The molecule has 0 aromatic heterocycles. The Morgan fingerprint density at radius 3 is 2.34 bits per heavy atom. The predicted octanol–water partition coefficient (Wildman–Crippen LogP) is 3.19. The van der Waals surface area contributed by atoms with Crippen LogP contribution in [0.2, 0.25) is 0 Å². The monoisotopic (exact) mass is 520 g/mol. The molecule has 4 N–H and O–H groups in total. The number of halogens is 1. The van der Waals surface area contributed by atoms with Crippen molar-refractivity contribution < 1.29 is 19.1 Å². The van der Waals surface area contributed by atoms with Gasteiger partial charge >= 0.3 is 0 Å². The molecule has 2 rings (SSSR count). The van der Waals surface area contributed by atoms with Gasteiger partial charge in [0.2, 0.25) is 11.8 Å². The summed E-state index contributed by atoms with van der Waals surface area (Å²) in [4.78, 5) is 35.9. The van der Waals surface area contributed by atoms with Crippen molar-refractivity contribution in [1.82, 2.24) is 16.2 Å². The zero-order valence-electron chi connectivity index (χ0n) is 18.0. The minimum absolute atomic E-state index is 0.000459. The fourth-order valence-electron chi connectivity index (χ4n) is 2.55. The summed E-state index contributed by atoms with van der Waals surface area (Å²) in [6.45, 7) is 5.50. The van der Waals surface area contributed by atoms with Gasteiger partial charge in [-0.1, -0.05) is 28.1 Å². The average Bonchev–Trinajstić information content (AvgIpc) is 2.74. The van der Waals surface area contributed by atoms with Gasteiger partial charge in [-0.15, -0.1) is 0 Å². The lowest BCUT2D eigenvalue weighted by molar-refractivity contribution is -0.125. The number of hydrazine groups is 1. The molecule has 2 aromatic rings. The molecule has 10 heteroatoms. The molecule has 0 atom stereocenters. The van der Waals surface area contributed by atoms with Crippen LogP contribution in [0.15, 0.2) is 40.9 Å².